The van der Waals surface area contributed by atoms with Crippen LogP contribution in [-0.2, 0) is 0 Å². The molecule has 0 heterocycles. The van der Waals surface area contributed by atoms with Gasteiger partial charge in [-0.05, 0) is 81.0 Å². The Morgan fingerprint density at radius 2 is 1.59 bits per heavy atom. The first-order valence-corrected chi connectivity index (χ1v) is 9.81. The zero-order valence-corrected chi connectivity index (χ0v) is 13.8. The molecule has 3 fully saturated rings. The molecule has 3 saturated carbocycles. The van der Waals surface area contributed by atoms with Crippen LogP contribution in [0.1, 0.15) is 70.6 Å². The van der Waals surface area contributed by atoms with Gasteiger partial charge in [-0.3, -0.25) is 0 Å². The summed E-state index contributed by atoms with van der Waals surface area (Å²) in [4.78, 5) is 0. The number of hydrogen-bond donors (Lipinski definition) is 2. The van der Waals surface area contributed by atoms with Crippen molar-refractivity contribution in [2.24, 2.45) is 29.6 Å². The summed E-state index contributed by atoms with van der Waals surface area (Å²) in [5, 5.41) is 21.7. The Balaban J connectivity index is 1.64. The molecule has 4 aliphatic rings. The summed E-state index contributed by atoms with van der Waals surface area (Å²) < 4.78 is 0. The Morgan fingerprint density at radius 1 is 0.773 bits per heavy atom. The summed E-state index contributed by atoms with van der Waals surface area (Å²) in [6.07, 6.45) is 15.4. The van der Waals surface area contributed by atoms with Gasteiger partial charge in [-0.2, -0.15) is 0 Å². The fourth-order valence-electron chi connectivity index (χ4n) is 6.50. The molecule has 124 valence electrons. The van der Waals surface area contributed by atoms with Gasteiger partial charge in [0.05, 0.1) is 12.2 Å². The minimum atomic E-state index is -0.180. The highest BCUT2D eigenvalue weighted by atomic mass is 16.3. The monoisotopic (exact) mass is 304 g/mol. The van der Waals surface area contributed by atoms with E-state index in [1.165, 1.54) is 51.4 Å². The van der Waals surface area contributed by atoms with Crippen molar-refractivity contribution >= 4 is 0 Å². The van der Waals surface area contributed by atoms with Gasteiger partial charge in [0.15, 0.2) is 0 Å². The first kappa shape index (κ1) is 15.2. The summed E-state index contributed by atoms with van der Waals surface area (Å²) in [7, 11) is 0. The Morgan fingerprint density at radius 3 is 2.50 bits per heavy atom. The maximum absolute atomic E-state index is 10.8. The molecular weight excluding hydrogens is 272 g/mol. The van der Waals surface area contributed by atoms with Crippen molar-refractivity contribution in [3.8, 4) is 0 Å². The fraction of sp³-hybridized carbons (Fsp3) is 0.900. The van der Waals surface area contributed by atoms with Crippen molar-refractivity contribution in [1.82, 2.24) is 0 Å². The Hall–Kier alpha value is -0.340. The molecule has 0 spiro atoms. The van der Waals surface area contributed by atoms with Crippen LogP contribution in [0.25, 0.3) is 0 Å². The molecule has 0 bridgehead atoms. The van der Waals surface area contributed by atoms with Crippen LogP contribution < -0.4 is 0 Å². The van der Waals surface area contributed by atoms with E-state index in [-0.39, 0.29) is 12.2 Å². The lowest BCUT2D eigenvalue weighted by atomic mass is 9.54. The van der Waals surface area contributed by atoms with Crippen LogP contribution in [0, 0.1) is 29.6 Å². The van der Waals surface area contributed by atoms with Crippen LogP contribution in [-0.4, -0.2) is 22.4 Å². The van der Waals surface area contributed by atoms with Crippen molar-refractivity contribution in [2.45, 2.75) is 82.8 Å². The largest absolute Gasteiger partial charge is 0.393 e. The van der Waals surface area contributed by atoms with Crippen LogP contribution in [0.4, 0.5) is 0 Å². The standard InChI is InChI=1S/C20H32O2/c21-17-11-9-13-5-1-3-7-15(13)19(17)20-16-8-4-2-6-14(16)10-12-18(20)22/h5,14-22H,1-4,6-12H2. The molecular formula is C20H32O2. The van der Waals surface area contributed by atoms with Gasteiger partial charge in [0.1, 0.15) is 0 Å². The van der Waals surface area contributed by atoms with Gasteiger partial charge < -0.3 is 10.2 Å². The minimum Gasteiger partial charge on any atom is -0.393 e. The quantitative estimate of drug-likeness (QED) is 0.717. The average molecular weight is 304 g/mol. The van der Waals surface area contributed by atoms with E-state index >= 15 is 0 Å². The summed E-state index contributed by atoms with van der Waals surface area (Å²) in [6.45, 7) is 0. The van der Waals surface area contributed by atoms with Crippen LogP contribution in [0.2, 0.25) is 0 Å². The summed E-state index contributed by atoms with van der Waals surface area (Å²) in [5.41, 5.74) is 1.62. The van der Waals surface area contributed by atoms with Crippen LogP contribution in [0.5, 0.6) is 0 Å². The lowest BCUT2D eigenvalue weighted by Crippen LogP contribution is -2.51. The maximum atomic E-state index is 10.8. The van der Waals surface area contributed by atoms with E-state index in [9.17, 15) is 10.2 Å². The van der Waals surface area contributed by atoms with E-state index in [2.05, 4.69) is 6.08 Å². The Bertz CT molecular complexity index is 429. The number of hydrogen-bond acceptors (Lipinski definition) is 2. The highest BCUT2D eigenvalue weighted by molar-refractivity contribution is 5.17. The Kier molecular flexibility index (Phi) is 4.34. The van der Waals surface area contributed by atoms with Crippen molar-refractivity contribution in [1.29, 1.82) is 0 Å². The van der Waals surface area contributed by atoms with Crippen molar-refractivity contribution in [3.63, 3.8) is 0 Å². The first-order valence-electron chi connectivity index (χ1n) is 9.81. The number of aliphatic hydroxyl groups excluding tert-OH is 2. The summed E-state index contributed by atoms with van der Waals surface area (Å²) >= 11 is 0. The molecule has 0 aliphatic heterocycles. The first-order chi connectivity index (χ1) is 10.8. The second-order valence-corrected chi connectivity index (χ2v) is 8.43. The smallest absolute Gasteiger partial charge is 0.0580 e. The second-order valence-electron chi connectivity index (χ2n) is 8.43. The SMILES string of the molecule is OC1CCC2=CCCCC2C1C1C(O)CCC2CCCCC21. The molecule has 0 aromatic carbocycles. The van der Waals surface area contributed by atoms with E-state index in [0.717, 1.165) is 25.2 Å². The topological polar surface area (TPSA) is 40.5 Å². The predicted molar refractivity (Wildman–Crippen MR) is 88.3 cm³/mol. The zero-order valence-electron chi connectivity index (χ0n) is 13.8. The number of allylic oxidation sites excluding steroid dienone is 2. The predicted octanol–water partition coefficient (Wildman–Crippen LogP) is 4.06. The van der Waals surface area contributed by atoms with E-state index in [0.29, 0.717) is 23.7 Å². The highest BCUT2D eigenvalue weighted by Crippen LogP contribution is 2.53. The third-order valence-corrected chi connectivity index (χ3v) is 7.42. The van der Waals surface area contributed by atoms with Crippen molar-refractivity contribution in [3.05, 3.63) is 11.6 Å². The van der Waals surface area contributed by atoms with E-state index < -0.39 is 0 Å². The molecule has 0 aromatic rings. The van der Waals surface area contributed by atoms with Gasteiger partial charge in [-0.1, -0.05) is 30.9 Å². The molecule has 2 heteroatoms. The molecule has 22 heavy (non-hydrogen) atoms. The molecule has 2 N–H and O–H groups in total. The van der Waals surface area contributed by atoms with Gasteiger partial charge in [0, 0.05) is 0 Å². The number of rotatable bonds is 1. The zero-order chi connectivity index (χ0) is 15.1. The molecule has 0 amide bonds. The normalized spacial score (nSPS) is 49.0. The molecule has 0 saturated heterocycles. The lowest BCUT2D eigenvalue weighted by molar-refractivity contribution is -0.0976. The third-order valence-electron chi connectivity index (χ3n) is 7.42. The van der Waals surface area contributed by atoms with Crippen molar-refractivity contribution < 1.29 is 10.2 Å². The van der Waals surface area contributed by atoms with Crippen molar-refractivity contribution in [2.75, 3.05) is 0 Å². The van der Waals surface area contributed by atoms with Gasteiger partial charge in [-0.15, -0.1) is 0 Å². The Labute approximate surface area is 135 Å². The van der Waals surface area contributed by atoms with E-state index in [1.807, 2.05) is 0 Å². The molecule has 7 unspecified atom stereocenters. The van der Waals surface area contributed by atoms with Gasteiger partial charge in [-0.25, -0.2) is 0 Å². The number of aliphatic hydroxyl groups is 2. The molecule has 4 aliphatic carbocycles. The van der Waals surface area contributed by atoms with Gasteiger partial charge in [0.2, 0.25) is 0 Å². The molecule has 0 radical (unpaired) electrons. The maximum Gasteiger partial charge on any atom is 0.0580 e. The minimum absolute atomic E-state index is 0.166. The number of fused-ring (bicyclic) bond motifs is 2. The van der Waals surface area contributed by atoms with Crippen LogP contribution >= 0.6 is 0 Å². The van der Waals surface area contributed by atoms with Crippen LogP contribution in [0.3, 0.4) is 0 Å². The lowest BCUT2D eigenvalue weighted by Gasteiger charge is -2.52. The second kappa shape index (κ2) is 6.28. The molecule has 2 nitrogen and oxygen atoms in total. The van der Waals surface area contributed by atoms with E-state index in [4.69, 9.17) is 0 Å². The average Bonchev–Trinajstić information content (AvgIpc) is 2.56. The van der Waals surface area contributed by atoms with Crippen LogP contribution in [0.15, 0.2) is 11.6 Å². The van der Waals surface area contributed by atoms with Gasteiger partial charge >= 0.3 is 0 Å². The van der Waals surface area contributed by atoms with Gasteiger partial charge in [0.25, 0.3) is 0 Å². The summed E-state index contributed by atoms with van der Waals surface area (Å²) in [6, 6.07) is 0. The molecule has 0 aromatic heterocycles. The molecule has 7 atom stereocenters. The van der Waals surface area contributed by atoms with E-state index in [1.54, 1.807) is 5.57 Å². The fourth-order valence-corrected chi connectivity index (χ4v) is 6.50. The third kappa shape index (κ3) is 2.57. The summed E-state index contributed by atoms with van der Waals surface area (Å²) in [5.74, 6) is 2.77. The highest BCUT2D eigenvalue weighted by Gasteiger charge is 2.49. The molecule has 4 rings (SSSR count).